The van der Waals surface area contributed by atoms with Gasteiger partial charge < -0.3 is 10.6 Å². The van der Waals surface area contributed by atoms with E-state index >= 15 is 0 Å². The van der Waals surface area contributed by atoms with Gasteiger partial charge in [0.05, 0.1) is 9.83 Å². The zero-order valence-corrected chi connectivity index (χ0v) is 13.6. The van der Waals surface area contributed by atoms with Gasteiger partial charge in [0.15, 0.2) is 0 Å². The van der Waals surface area contributed by atoms with Crippen molar-refractivity contribution in [3.63, 3.8) is 0 Å². The van der Waals surface area contributed by atoms with E-state index < -0.39 is 0 Å². The third kappa shape index (κ3) is 4.89. The van der Waals surface area contributed by atoms with Crippen LogP contribution >= 0.6 is 27.3 Å². The molecule has 1 heterocycles. The number of carbonyl (C=O) groups is 1. The van der Waals surface area contributed by atoms with Crippen molar-refractivity contribution in [1.29, 1.82) is 0 Å². The Kier molecular flexibility index (Phi) is 5.85. The number of nitrogens with one attached hydrogen (secondary N) is 2. The maximum absolute atomic E-state index is 12.1. The SMILES string of the molecule is CC(NCc1ccc(Br)s1)C(=O)NC1CCCCC1. The normalized spacial score (nSPS) is 18.2. The molecule has 1 atom stereocenters. The first-order chi connectivity index (χ1) is 9.15. The van der Waals surface area contributed by atoms with Crippen molar-refractivity contribution in [1.82, 2.24) is 10.6 Å². The highest BCUT2D eigenvalue weighted by atomic mass is 79.9. The van der Waals surface area contributed by atoms with Crippen molar-refractivity contribution in [3.8, 4) is 0 Å². The minimum atomic E-state index is -0.136. The molecule has 0 aliphatic heterocycles. The fraction of sp³-hybridized carbons (Fsp3) is 0.643. The maximum atomic E-state index is 12.1. The number of rotatable bonds is 5. The summed E-state index contributed by atoms with van der Waals surface area (Å²) >= 11 is 5.14. The van der Waals surface area contributed by atoms with Crippen LogP contribution < -0.4 is 10.6 Å². The summed E-state index contributed by atoms with van der Waals surface area (Å²) in [6.45, 7) is 2.68. The van der Waals surface area contributed by atoms with E-state index in [2.05, 4.69) is 32.6 Å². The lowest BCUT2D eigenvalue weighted by Gasteiger charge is -2.24. The molecule has 5 heteroatoms. The minimum Gasteiger partial charge on any atom is -0.352 e. The van der Waals surface area contributed by atoms with Crippen LogP contribution in [0.15, 0.2) is 15.9 Å². The van der Waals surface area contributed by atoms with Gasteiger partial charge in [0.1, 0.15) is 0 Å². The monoisotopic (exact) mass is 344 g/mol. The van der Waals surface area contributed by atoms with Crippen LogP contribution in [0.2, 0.25) is 0 Å². The molecule has 0 bridgehead atoms. The third-order valence-electron chi connectivity index (χ3n) is 3.56. The van der Waals surface area contributed by atoms with Crippen LogP contribution in [0.25, 0.3) is 0 Å². The van der Waals surface area contributed by atoms with Crippen LogP contribution in [-0.4, -0.2) is 18.0 Å². The lowest BCUT2D eigenvalue weighted by Crippen LogP contribution is -2.46. The molecule has 2 rings (SSSR count). The maximum Gasteiger partial charge on any atom is 0.237 e. The van der Waals surface area contributed by atoms with E-state index in [0.717, 1.165) is 23.2 Å². The molecule has 1 amide bonds. The Balaban J connectivity index is 1.72. The van der Waals surface area contributed by atoms with Gasteiger partial charge in [-0.25, -0.2) is 0 Å². The fourth-order valence-corrected chi connectivity index (χ4v) is 3.80. The molecule has 1 aromatic rings. The molecule has 106 valence electrons. The Bertz CT molecular complexity index is 415. The quantitative estimate of drug-likeness (QED) is 0.858. The molecule has 2 N–H and O–H groups in total. The van der Waals surface area contributed by atoms with Gasteiger partial charge in [0, 0.05) is 17.5 Å². The van der Waals surface area contributed by atoms with E-state index in [4.69, 9.17) is 0 Å². The van der Waals surface area contributed by atoms with Gasteiger partial charge in [-0.2, -0.15) is 0 Å². The van der Waals surface area contributed by atoms with Gasteiger partial charge in [-0.1, -0.05) is 19.3 Å². The Labute approximate surface area is 127 Å². The zero-order chi connectivity index (χ0) is 13.7. The topological polar surface area (TPSA) is 41.1 Å². The average Bonchev–Trinajstić information content (AvgIpc) is 2.83. The van der Waals surface area contributed by atoms with Gasteiger partial charge in [-0.3, -0.25) is 4.79 Å². The molecule has 1 aliphatic rings. The van der Waals surface area contributed by atoms with Crippen LogP contribution in [0.3, 0.4) is 0 Å². The Morgan fingerprint density at radius 1 is 1.42 bits per heavy atom. The highest BCUT2D eigenvalue weighted by Gasteiger charge is 2.19. The number of hydrogen-bond donors (Lipinski definition) is 2. The van der Waals surface area contributed by atoms with E-state index in [9.17, 15) is 4.79 Å². The van der Waals surface area contributed by atoms with E-state index in [1.165, 1.54) is 24.1 Å². The highest BCUT2D eigenvalue weighted by Crippen LogP contribution is 2.22. The molecule has 0 saturated heterocycles. The van der Waals surface area contributed by atoms with Crippen LogP contribution in [0.1, 0.15) is 43.9 Å². The molecular weight excluding hydrogens is 324 g/mol. The standard InChI is InChI=1S/C14H21BrN2OS/c1-10(16-9-12-7-8-13(15)19-12)14(18)17-11-5-3-2-4-6-11/h7-8,10-11,16H,2-6,9H2,1H3,(H,17,18). The number of amides is 1. The van der Waals surface area contributed by atoms with Crippen molar-refractivity contribution >= 4 is 33.2 Å². The van der Waals surface area contributed by atoms with Gasteiger partial charge in [-0.15, -0.1) is 11.3 Å². The summed E-state index contributed by atoms with van der Waals surface area (Å²) in [5, 5.41) is 6.43. The second kappa shape index (κ2) is 7.41. The Morgan fingerprint density at radius 2 is 2.16 bits per heavy atom. The summed E-state index contributed by atoms with van der Waals surface area (Å²) in [7, 11) is 0. The lowest BCUT2D eigenvalue weighted by molar-refractivity contribution is -0.123. The first-order valence-corrected chi connectivity index (χ1v) is 8.54. The van der Waals surface area contributed by atoms with E-state index in [1.807, 2.05) is 13.0 Å². The smallest absolute Gasteiger partial charge is 0.237 e. The molecule has 0 aromatic carbocycles. The molecule has 3 nitrogen and oxygen atoms in total. The van der Waals surface area contributed by atoms with Gasteiger partial charge in [0.25, 0.3) is 0 Å². The van der Waals surface area contributed by atoms with Crippen molar-refractivity contribution in [2.45, 2.75) is 57.7 Å². The summed E-state index contributed by atoms with van der Waals surface area (Å²) in [5.74, 6) is 0.127. The van der Waals surface area contributed by atoms with Crippen LogP contribution in [0.4, 0.5) is 0 Å². The van der Waals surface area contributed by atoms with Gasteiger partial charge >= 0.3 is 0 Å². The summed E-state index contributed by atoms with van der Waals surface area (Å²) < 4.78 is 1.13. The first kappa shape index (κ1) is 15.0. The molecule has 0 radical (unpaired) electrons. The Morgan fingerprint density at radius 3 is 2.79 bits per heavy atom. The van der Waals surface area contributed by atoms with E-state index in [-0.39, 0.29) is 11.9 Å². The van der Waals surface area contributed by atoms with Crippen molar-refractivity contribution in [3.05, 3.63) is 20.8 Å². The third-order valence-corrected chi connectivity index (χ3v) is 5.18. The van der Waals surface area contributed by atoms with Crippen molar-refractivity contribution in [2.24, 2.45) is 0 Å². The lowest BCUT2D eigenvalue weighted by atomic mass is 9.95. The molecule has 1 saturated carbocycles. The van der Waals surface area contributed by atoms with Gasteiger partial charge in [0.2, 0.25) is 5.91 Å². The number of thiophene rings is 1. The van der Waals surface area contributed by atoms with Crippen LogP contribution in [0, 0.1) is 0 Å². The van der Waals surface area contributed by atoms with Crippen LogP contribution in [-0.2, 0) is 11.3 Å². The predicted octanol–water partition coefficient (Wildman–Crippen LogP) is 3.44. The highest BCUT2D eigenvalue weighted by molar-refractivity contribution is 9.11. The number of carbonyl (C=O) groups excluding carboxylic acids is 1. The molecule has 0 spiro atoms. The summed E-state index contributed by atoms with van der Waals surface area (Å²) in [6, 6.07) is 4.37. The van der Waals surface area contributed by atoms with Crippen LogP contribution in [0.5, 0.6) is 0 Å². The van der Waals surface area contributed by atoms with Crippen molar-refractivity contribution < 1.29 is 4.79 Å². The second-order valence-corrected chi connectivity index (χ2v) is 7.70. The fourth-order valence-electron chi connectivity index (χ4n) is 2.37. The molecule has 19 heavy (non-hydrogen) atoms. The molecule has 1 aromatic heterocycles. The summed E-state index contributed by atoms with van der Waals surface area (Å²) in [5.41, 5.74) is 0. The first-order valence-electron chi connectivity index (χ1n) is 6.93. The molecular formula is C14H21BrN2OS. The summed E-state index contributed by atoms with van der Waals surface area (Å²) in [6.07, 6.45) is 6.08. The van der Waals surface area contributed by atoms with Gasteiger partial charge in [-0.05, 0) is 47.8 Å². The minimum absolute atomic E-state index is 0.127. The molecule has 1 aliphatic carbocycles. The molecule has 1 fully saturated rings. The Hall–Kier alpha value is -0.390. The largest absolute Gasteiger partial charge is 0.352 e. The summed E-state index contributed by atoms with van der Waals surface area (Å²) in [4.78, 5) is 13.3. The second-order valence-electron chi connectivity index (χ2n) is 5.15. The van der Waals surface area contributed by atoms with Crippen molar-refractivity contribution in [2.75, 3.05) is 0 Å². The van der Waals surface area contributed by atoms with E-state index in [1.54, 1.807) is 11.3 Å². The predicted molar refractivity (Wildman–Crippen MR) is 83.3 cm³/mol. The van der Waals surface area contributed by atoms with E-state index in [0.29, 0.717) is 6.04 Å². The average molecular weight is 345 g/mol. The zero-order valence-electron chi connectivity index (χ0n) is 11.2. The number of hydrogen-bond acceptors (Lipinski definition) is 3. The number of halogens is 1. The molecule has 1 unspecified atom stereocenters.